The van der Waals surface area contributed by atoms with Crippen molar-refractivity contribution in [2.45, 2.75) is 450 Å². The number of carbonyl (C=O) groups is 2. The number of carbonyl (C=O) groups excluding carboxylic acids is 2. The lowest BCUT2D eigenvalue weighted by Gasteiger charge is -2.20. The molecule has 3 N–H and O–H groups in total. The summed E-state index contributed by atoms with van der Waals surface area (Å²) in [5.41, 5.74) is 0. The largest absolute Gasteiger partial charge is 0.466 e. The van der Waals surface area contributed by atoms with Crippen molar-refractivity contribution in [1.29, 1.82) is 0 Å². The highest BCUT2D eigenvalue weighted by atomic mass is 16.5. The molecule has 0 aliphatic heterocycles. The predicted molar refractivity (Wildman–Crippen MR) is 370 cm³/mol. The Morgan fingerprint density at radius 1 is 0.321 bits per heavy atom. The molecule has 2 atom stereocenters. The van der Waals surface area contributed by atoms with Gasteiger partial charge in [-0.05, 0) is 57.8 Å². The van der Waals surface area contributed by atoms with Crippen LogP contribution in [0.25, 0.3) is 0 Å². The van der Waals surface area contributed by atoms with Crippen molar-refractivity contribution < 1.29 is 24.5 Å². The molecule has 2 unspecified atom stereocenters. The van der Waals surface area contributed by atoms with Crippen LogP contribution in [0.3, 0.4) is 0 Å². The van der Waals surface area contributed by atoms with Gasteiger partial charge in [0.25, 0.3) is 0 Å². The Kier molecular flexibility index (Phi) is 72.3. The van der Waals surface area contributed by atoms with Crippen LogP contribution in [0.2, 0.25) is 0 Å². The fourth-order valence-corrected chi connectivity index (χ4v) is 12.3. The van der Waals surface area contributed by atoms with Crippen molar-refractivity contribution in [3.63, 3.8) is 0 Å². The second kappa shape index (κ2) is 73.8. The summed E-state index contributed by atoms with van der Waals surface area (Å²) in [4.78, 5) is 24.6. The molecule has 84 heavy (non-hydrogen) atoms. The van der Waals surface area contributed by atoms with Gasteiger partial charge in [-0.2, -0.15) is 0 Å². The SMILES string of the molecule is CCCCCCCCCCCCCCCCCCCCCCCCC/C=C/C(O)C(CO)NC(=O)CCCCCCCCCCCCC/C=C\CCCCCCCCCCCCCCOC(=O)CCCCCCCCCCCCCCCCC. The normalized spacial score (nSPS) is 12.6. The zero-order chi connectivity index (χ0) is 60.6. The van der Waals surface area contributed by atoms with Crippen molar-refractivity contribution in [1.82, 2.24) is 5.32 Å². The second-order valence-electron chi connectivity index (χ2n) is 26.7. The van der Waals surface area contributed by atoms with Crippen LogP contribution >= 0.6 is 0 Å². The Bertz CT molecular complexity index is 1320. The van der Waals surface area contributed by atoms with E-state index in [1.807, 2.05) is 6.08 Å². The molecule has 6 heteroatoms. The van der Waals surface area contributed by atoms with E-state index < -0.39 is 12.1 Å². The summed E-state index contributed by atoms with van der Waals surface area (Å²) < 4.78 is 5.50. The van der Waals surface area contributed by atoms with E-state index in [-0.39, 0.29) is 18.5 Å². The standard InChI is InChI=1S/C78H151NO5/c1-3-5-7-9-11-13-15-17-19-20-21-22-23-27-30-33-36-39-43-46-50-54-58-62-66-70-76(81)75(74-80)79-77(82)71-67-63-59-55-51-47-44-40-37-34-31-28-25-24-26-29-32-35-38-41-45-49-53-57-61-65-69-73-84-78(83)72-68-64-60-56-52-48-42-18-16-14-12-10-8-6-4-2/h24-25,66,70,75-76,80-81H,3-23,26-65,67-69,71-74H2,1-2H3,(H,79,82)/b25-24-,70-66+. The molecule has 0 spiro atoms. The van der Waals surface area contributed by atoms with Gasteiger partial charge < -0.3 is 20.3 Å². The third-order valence-electron chi connectivity index (χ3n) is 18.2. The lowest BCUT2D eigenvalue weighted by molar-refractivity contribution is -0.143. The molecule has 0 bridgehead atoms. The number of aliphatic hydroxyl groups excluding tert-OH is 2. The van der Waals surface area contributed by atoms with E-state index in [0.717, 1.165) is 38.5 Å². The molecule has 498 valence electrons. The zero-order valence-electron chi connectivity index (χ0n) is 57.2. The molecular weight excluding hydrogens is 1030 g/mol. The molecule has 0 aromatic rings. The van der Waals surface area contributed by atoms with E-state index in [9.17, 15) is 19.8 Å². The van der Waals surface area contributed by atoms with E-state index in [1.165, 1.54) is 372 Å². The highest BCUT2D eigenvalue weighted by Gasteiger charge is 2.18. The maximum absolute atomic E-state index is 12.6. The van der Waals surface area contributed by atoms with Crippen LogP contribution in [0.15, 0.2) is 24.3 Å². The highest BCUT2D eigenvalue weighted by molar-refractivity contribution is 5.76. The number of esters is 1. The van der Waals surface area contributed by atoms with Gasteiger partial charge >= 0.3 is 5.97 Å². The first-order valence-electron chi connectivity index (χ1n) is 38.6. The van der Waals surface area contributed by atoms with E-state index in [1.54, 1.807) is 6.08 Å². The van der Waals surface area contributed by atoms with Crippen molar-refractivity contribution >= 4 is 11.9 Å². The van der Waals surface area contributed by atoms with Crippen LogP contribution in [0.4, 0.5) is 0 Å². The van der Waals surface area contributed by atoms with Gasteiger partial charge in [-0.3, -0.25) is 9.59 Å². The third kappa shape index (κ3) is 69.4. The number of allylic oxidation sites excluding steroid dienone is 3. The maximum Gasteiger partial charge on any atom is 0.305 e. The molecule has 0 aliphatic rings. The monoisotopic (exact) mass is 1180 g/mol. The van der Waals surface area contributed by atoms with E-state index in [2.05, 4.69) is 31.3 Å². The topological polar surface area (TPSA) is 95.9 Å². The Morgan fingerprint density at radius 3 is 0.845 bits per heavy atom. The number of aliphatic hydroxyl groups is 2. The molecule has 1 amide bonds. The van der Waals surface area contributed by atoms with Gasteiger partial charge in [0.05, 0.1) is 25.4 Å². The number of hydrogen-bond acceptors (Lipinski definition) is 5. The Morgan fingerprint density at radius 2 is 0.560 bits per heavy atom. The van der Waals surface area contributed by atoms with Gasteiger partial charge in [0.15, 0.2) is 0 Å². The molecular formula is C78H151NO5. The minimum atomic E-state index is -0.847. The Labute approximate surface area is 526 Å². The van der Waals surface area contributed by atoms with Crippen molar-refractivity contribution in [3.8, 4) is 0 Å². The summed E-state index contributed by atoms with van der Waals surface area (Å²) in [6, 6.07) is -0.630. The van der Waals surface area contributed by atoms with E-state index >= 15 is 0 Å². The molecule has 0 fully saturated rings. The number of hydrogen-bond donors (Lipinski definition) is 3. The summed E-state index contributed by atoms with van der Waals surface area (Å²) >= 11 is 0. The Hall–Kier alpha value is -1.66. The molecule has 0 heterocycles. The first-order valence-corrected chi connectivity index (χ1v) is 38.6. The van der Waals surface area contributed by atoms with Crippen LogP contribution in [0.5, 0.6) is 0 Å². The lowest BCUT2D eigenvalue weighted by Crippen LogP contribution is -2.45. The quantitative estimate of drug-likeness (QED) is 0.0320. The summed E-state index contributed by atoms with van der Waals surface area (Å²) in [5.74, 6) is -0.0449. The number of amides is 1. The van der Waals surface area contributed by atoms with Gasteiger partial charge in [-0.1, -0.05) is 391 Å². The minimum Gasteiger partial charge on any atom is -0.466 e. The maximum atomic E-state index is 12.6. The molecule has 0 saturated carbocycles. The highest BCUT2D eigenvalue weighted by Crippen LogP contribution is 2.20. The number of ether oxygens (including phenoxy) is 1. The molecule has 0 rings (SSSR count). The fraction of sp³-hybridized carbons (Fsp3) is 0.923. The first-order chi connectivity index (χ1) is 41.5. The van der Waals surface area contributed by atoms with Crippen LogP contribution in [-0.4, -0.2) is 47.4 Å². The molecule has 6 nitrogen and oxygen atoms in total. The summed E-state index contributed by atoms with van der Waals surface area (Å²) in [7, 11) is 0. The van der Waals surface area contributed by atoms with Gasteiger partial charge in [0.2, 0.25) is 5.91 Å². The second-order valence-corrected chi connectivity index (χ2v) is 26.7. The third-order valence-corrected chi connectivity index (χ3v) is 18.2. The van der Waals surface area contributed by atoms with Gasteiger partial charge in [0.1, 0.15) is 0 Å². The van der Waals surface area contributed by atoms with E-state index in [4.69, 9.17) is 4.74 Å². The van der Waals surface area contributed by atoms with Crippen LogP contribution in [0, 0.1) is 0 Å². The van der Waals surface area contributed by atoms with Crippen LogP contribution in [0.1, 0.15) is 438 Å². The molecule has 0 saturated heterocycles. The molecule has 0 aromatic heterocycles. The predicted octanol–water partition coefficient (Wildman–Crippen LogP) is 25.3. The fourth-order valence-electron chi connectivity index (χ4n) is 12.3. The van der Waals surface area contributed by atoms with Gasteiger partial charge in [-0.25, -0.2) is 0 Å². The Balaban J connectivity index is 3.40. The number of unbranched alkanes of at least 4 members (excludes halogenated alkanes) is 60. The van der Waals surface area contributed by atoms with E-state index in [0.29, 0.717) is 19.4 Å². The van der Waals surface area contributed by atoms with Crippen molar-refractivity contribution in [3.05, 3.63) is 24.3 Å². The molecule has 0 aromatic carbocycles. The summed E-state index contributed by atoms with van der Waals surface area (Å²) in [6.07, 6.45) is 94.3. The van der Waals surface area contributed by atoms with Crippen molar-refractivity contribution in [2.75, 3.05) is 13.2 Å². The smallest absolute Gasteiger partial charge is 0.305 e. The van der Waals surface area contributed by atoms with Gasteiger partial charge in [0, 0.05) is 12.8 Å². The lowest BCUT2D eigenvalue weighted by atomic mass is 10.0. The zero-order valence-corrected chi connectivity index (χ0v) is 57.2. The average Bonchev–Trinajstić information content (AvgIpc) is 3.53. The first kappa shape index (κ1) is 82.3. The summed E-state index contributed by atoms with van der Waals surface area (Å²) in [5, 5.41) is 23.3. The minimum absolute atomic E-state index is 0.0187. The van der Waals surface area contributed by atoms with Crippen molar-refractivity contribution in [2.24, 2.45) is 0 Å². The summed E-state index contributed by atoms with van der Waals surface area (Å²) in [6.45, 7) is 4.96. The van der Waals surface area contributed by atoms with Crippen LogP contribution in [-0.2, 0) is 14.3 Å². The van der Waals surface area contributed by atoms with Gasteiger partial charge in [-0.15, -0.1) is 0 Å². The average molecular weight is 1180 g/mol. The number of rotatable bonds is 73. The number of nitrogens with one attached hydrogen (secondary N) is 1. The molecule has 0 radical (unpaired) electrons. The van der Waals surface area contributed by atoms with Crippen LogP contribution < -0.4 is 5.32 Å². The molecule has 0 aliphatic carbocycles.